The van der Waals surface area contributed by atoms with Gasteiger partial charge in [-0.3, -0.25) is 9.78 Å². The molecule has 7 heteroatoms. The Morgan fingerprint density at radius 1 is 1.53 bits per heavy atom. The number of carbonyl (C=O) groups excluding carboxylic acids is 1. The Hall–Kier alpha value is -2.44. The third kappa shape index (κ3) is 3.06. The van der Waals surface area contributed by atoms with Gasteiger partial charge in [0.15, 0.2) is 5.82 Å². The number of aromatic nitrogens is 3. The molecule has 0 spiro atoms. The Balaban J connectivity index is 2.08. The molecule has 2 aromatic rings. The summed E-state index contributed by atoms with van der Waals surface area (Å²) in [4.78, 5) is 20.0. The van der Waals surface area contributed by atoms with Crippen LogP contribution in [0.4, 0.5) is 0 Å². The van der Waals surface area contributed by atoms with Gasteiger partial charge >= 0.3 is 0 Å². The number of hydrogen-bond acceptors (Lipinski definition) is 6. The zero-order chi connectivity index (χ0) is 13.8. The molecule has 0 aliphatic rings. The number of rotatable bonds is 4. The number of nitrogens with zero attached hydrogens (tertiary/aromatic N) is 3. The highest BCUT2D eigenvalue weighted by atomic mass is 16.5. The first-order valence-electron chi connectivity index (χ1n) is 5.71. The lowest BCUT2D eigenvalue weighted by Crippen LogP contribution is -2.27. The van der Waals surface area contributed by atoms with Gasteiger partial charge in [0.05, 0.1) is 7.11 Å². The Morgan fingerprint density at radius 2 is 2.32 bits per heavy atom. The van der Waals surface area contributed by atoms with E-state index in [1.54, 1.807) is 26.0 Å². The van der Waals surface area contributed by atoms with Crippen molar-refractivity contribution in [2.24, 2.45) is 0 Å². The molecule has 0 unspecified atom stereocenters. The highest BCUT2D eigenvalue weighted by Gasteiger charge is 2.17. The molecule has 0 saturated carbocycles. The first-order valence-corrected chi connectivity index (χ1v) is 5.71. The lowest BCUT2D eigenvalue weighted by atomic mass is 10.3. The molecule has 0 fully saturated rings. The van der Waals surface area contributed by atoms with Gasteiger partial charge in [-0.05, 0) is 19.9 Å². The summed E-state index contributed by atoms with van der Waals surface area (Å²) in [6.07, 6.45) is 1.51. The molecule has 0 saturated heterocycles. The van der Waals surface area contributed by atoms with Crippen molar-refractivity contribution in [1.29, 1.82) is 0 Å². The molecule has 0 aliphatic heterocycles. The van der Waals surface area contributed by atoms with Crippen LogP contribution in [-0.4, -0.2) is 28.1 Å². The third-order valence-corrected chi connectivity index (χ3v) is 2.46. The van der Waals surface area contributed by atoms with E-state index < -0.39 is 0 Å². The standard InChI is InChI=1S/C12H14N4O3/c1-7(12-15-8(2)16-19-12)14-11(17)10-6-9(18-3)4-5-13-10/h4-7H,1-3H3,(H,14,17)/t7-/m1/s1. The first kappa shape index (κ1) is 13.0. The largest absolute Gasteiger partial charge is 0.497 e. The van der Waals surface area contributed by atoms with E-state index >= 15 is 0 Å². The van der Waals surface area contributed by atoms with Crippen LogP contribution < -0.4 is 10.1 Å². The first-order chi connectivity index (χ1) is 9.10. The summed E-state index contributed by atoms with van der Waals surface area (Å²) < 4.78 is 10.0. The molecule has 2 heterocycles. The minimum atomic E-state index is -0.387. The van der Waals surface area contributed by atoms with Gasteiger partial charge in [0.25, 0.3) is 5.91 Å². The van der Waals surface area contributed by atoms with Gasteiger partial charge in [0, 0.05) is 12.3 Å². The molecule has 7 nitrogen and oxygen atoms in total. The molecule has 1 amide bonds. The summed E-state index contributed by atoms with van der Waals surface area (Å²) in [6.45, 7) is 3.47. The molecular formula is C12H14N4O3. The fourth-order valence-electron chi connectivity index (χ4n) is 1.48. The summed E-state index contributed by atoms with van der Waals surface area (Å²) in [5.74, 6) is 1.12. The topological polar surface area (TPSA) is 90.1 Å². The smallest absolute Gasteiger partial charge is 0.270 e. The predicted molar refractivity (Wildman–Crippen MR) is 65.7 cm³/mol. The van der Waals surface area contributed by atoms with Crippen molar-refractivity contribution in [1.82, 2.24) is 20.4 Å². The van der Waals surface area contributed by atoms with E-state index in [4.69, 9.17) is 9.26 Å². The second-order valence-corrected chi connectivity index (χ2v) is 3.96. The van der Waals surface area contributed by atoms with Crippen LogP contribution >= 0.6 is 0 Å². The molecule has 0 bridgehead atoms. The SMILES string of the molecule is COc1ccnc(C(=O)N[C@H](C)c2nc(C)no2)c1. The van der Waals surface area contributed by atoms with Gasteiger partial charge < -0.3 is 14.6 Å². The molecule has 2 rings (SSSR count). The van der Waals surface area contributed by atoms with Crippen LogP contribution in [0.25, 0.3) is 0 Å². The van der Waals surface area contributed by atoms with Gasteiger partial charge in [-0.15, -0.1) is 0 Å². The number of pyridine rings is 1. The summed E-state index contributed by atoms with van der Waals surface area (Å²) in [6, 6.07) is 2.84. The Labute approximate surface area is 110 Å². The van der Waals surface area contributed by atoms with Gasteiger partial charge in [-0.1, -0.05) is 5.16 Å². The normalized spacial score (nSPS) is 11.9. The van der Waals surface area contributed by atoms with Crippen LogP contribution in [0.2, 0.25) is 0 Å². The van der Waals surface area contributed by atoms with Crippen LogP contribution in [0, 0.1) is 6.92 Å². The molecule has 0 aliphatic carbocycles. The highest BCUT2D eigenvalue weighted by molar-refractivity contribution is 5.92. The van der Waals surface area contributed by atoms with Crippen molar-refractivity contribution in [2.75, 3.05) is 7.11 Å². The number of ether oxygens (including phenoxy) is 1. The molecule has 0 aromatic carbocycles. The number of nitrogens with one attached hydrogen (secondary N) is 1. The lowest BCUT2D eigenvalue weighted by molar-refractivity contribution is 0.0927. The fraction of sp³-hybridized carbons (Fsp3) is 0.333. The van der Waals surface area contributed by atoms with Gasteiger partial charge in [0.2, 0.25) is 5.89 Å². The van der Waals surface area contributed by atoms with E-state index in [1.165, 1.54) is 13.3 Å². The maximum Gasteiger partial charge on any atom is 0.270 e. The quantitative estimate of drug-likeness (QED) is 0.892. The number of amides is 1. The Kier molecular flexibility index (Phi) is 3.74. The van der Waals surface area contributed by atoms with Gasteiger partial charge in [0.1, 0.15) is 17.5 Å². The van der Waals surface area contributed by atoms with E-state index in [0.29, 0.717) is 17.5 Å². The average molecular weight is 262 g/mol. The molecule has 100 valence electrons. The third-order valence-electron chi connectivity index (χ3n) is 2.46. The van der Waals surface area contributed by atoms with E-state index in [-0.39, 0.29) is 17.6 Å². The second kappa shape index (κ2) is 5.47. The van der Waals surface area contributed by atoms with Gasteiger partial charge in [-0.2, -0.15) is 4.98 Å². The van der Waals surface area contributed by atoms with Crippen LogP contribution in [0.3, 0.4) is 0 Å². The summed E-state index contributed by atoms with van der Waals surface area (Å²) in [7, 11) is 1.53. The predicted octanol–water partition coefficient (Wildman–Crippen LogP) is 1.27. The lowest BCUT2D eigenvalue weighted by Gasteiger charge is -2.09. The van der Waals surface area contributed by atoms with Crippen molar-refractivity contribution >= 4 is 5.91 Å². The van der Waals surface area contributed by atoms with Crippen LogP contribution in [0.1, 0.15) is 35.2 Å². The molecule has 0 radical (unpaired) electrons. The highest BCUT2D eigenvalue weighted by Crippen LogP contribution is 2.13. The number of aryl methyl sites for hydroxylation is 1. The second-order valence-electron chi connectivity index (χ2n) is 3.96. The molecule has 19 heavy (non-hydrogen) atoms. The summed E-state index contributed by atoms with van der Waals surface area (Å²) in [5, 5.41) is 6.40. The average Bonchev–Trinajstić information content (AvgIpc) is 2.85. The number of carbonyl (C=O) groups is 1. The van der Waals surface area contributed by atoms with Crippen molar-refractivity contribution in [3.8, 4) is 5.75 Å². The fourth-order valence-corrected chi connectivity index (χ4v) is 1.48. The molecule has 1 atom stereocenters. The maximum absolute atomic E-state index is 12.0. The number of methoxy groups -OCH3 is 1. The minimum Gasteiger partial charge on any atom is -0.497 e. The maximum atomic E-state index is 12.0. The van der Waals surface area contributed by atoms with E-state index in [0.717, 1.165) is 0 Å². The Morgan fingerprint density at radius 3 is 2.95 bits per heavy atom. The minimum absolute atomic E-state index is 0.266. The molecule has 2 aromatic heterocycles. The van der Waals surface area contributed by atoms with Crippen molar-refractivity contribution in [2.45, 2.75) is 19.9 Å². The van der Waals surface area contributed by atoms with E-state index in [9.17, 15) is 4.79 Å². The monoisotopic (exact) mass is 262 g/mol. The van der Waals surface area contributed by atoms with Gasteiger partial charge in [-0.25, -0.2) is 0 Å². The van der Waals surface area contributed by atoms with E-state index in [1.807, 2.05) is 0 Å². The summed E-state index contributed by atoms with van der Waals surface area (Å²) >= 11 is 0. The van der Waals surface area contributed by atoms with Crippen LogP contribution in [0.5, 0.6) is 5.75 Å². The summed E-state index contributed by atoms with van der Waals surface area (Å²) in [5.41, 5.74) is 0.266. The molecule has 1 N–H and O–H groups in total. The zero-order valence-electron chi connectivity index (χ0n) is 10.9. The van der Waals surface area contributed by atoms with Crippen molar-refractivity contribution in [3.05, 3.63) is 35.7 Å². The number of hydrogen-bond donors (Lipinski definition) is 1. The van der Waals surface area contributed by atoms with Crippen LogP contribution in [-0.2, 0) is 0 Å². The van der Waals surface area contributed by atoms with Crippen molar-refractivity contribution in [3.63, 3.8) is 0 Å². The van der Waals surface area contributed by atoms with E-state index in [2.05, 4.69) is 20.4 Å². The van der Waals surface area contributed by atoms with Crippen molar-refractivity contribution < 1.29 is 14.1 Å². The molecular weight excluding hydrogens is 248 g/mol. The zero-order valence-corrected chi connectivity index (χ0v) is 10.9. The van der Waals surface area contributed by atoms with Crippen LogP contribution in [0.15, 0.2) is 22.9 Å². The Bertz CT molecular complexity index is 582.